The van der Waals surface area contributed by atoms with Gasteiger partial charge in [0.1, 0.15) is 11.5 Å². The predicted molar refractivity (Wildman–Crippen MR) is 61.1 cm³/mol. The number of aliphatic carboxylic acids is 1. The van der Waals surface area contributed by atoms with Crippen LogP contribution in [0.1, 0.15) is 37.8 Å². The molecule has 1 N–H and O–H groups in total. The molecule has 0 aliphatic heterocycles. The first-order valence-electron chi connectivity index (χ1n) is 5.50. The molecular weight excluding hydrogens is 226 g/mol. The topological polar surface area (TPSA) is 37.3 Å². The third kappa shape index (κ3) is 4.13. The van der Waals surface area contributed by atoms with Gasteiger partial charge in [0.2, 0.25) is 0 Å². The lowest BCUT2D eigenvalue weighted by molar-refractivity contribution is -0.137. The van der Waals surface area contributed by atoms with E-state index in [2.05, 4.69) is 0 Å². The standard InChI is InChI=1S/C13H16F2O2/c1-13(2,15)10-6-7-11(14)9(8-10)4-3-5-12(16)17/h6-8H,3-5H2,1-2H3,(H,16,17). The number of carboxylic acid groups (broad SMARTS) is 1. The SMILES string of the molecule is CC(C)(F)c1ccc(F)c(CCCC(=O)O)c1. The second-order valence-electron chi connectivity index (χ2n) is 4.53. The molecule has 0 fully saturated rings. The highest BCUT2D eigenvalue weighted by Crippen LogP contribution is 2.26. The van der Waals surface area contributed by atoms with Crippen LogP contribution < -0.4 is 0 Å². The number of hydrogen-bond acceptors (Lipinski definition) is 1. The monoisotopic (exact) mass is 242 g/mol. The molecule has 1 aromatic rings. The van der Waals surface area contributed by atoms with Crippen LogP contribution in [-0.2, 0) is 16.9 Å². The lowest BCUT2D eigenvalue weighted by Gasteiger charge is -2.16. The van der Waals surface area contributed by atoms with E-state index in [9.17, 15) is 13.6 Å². The Bertz CT molecular complexity index is 408. The molecule has 4 heteroatoms. The molecule has 0 aliphatic rings. The van der Waals surface area contributed by atoms with E-state index >= 15 is 0 Å². The van der Waals surface area contributed by atoms with Gasteiger partial charge < -0.3 is 5.11 Å². The van der Waals surface area contributed by atoms with Crippen molar-refractivity contribution in [3.8, 4) is 0 Å². The van der Waals surface area contributed by atoms with Crippen LogP contribution in [0.5, 0.6) is 0 Å². The summed E-state index contributed by atoms with van der Waals surface area (Å²) in [7, 11) is 0. The minimum Gasteiger partial charge on any atom is -0.481 e. The van der Waals surface area contributed by atoms with Crippen LogP contribution in [0.4, 0.5) is 8.78 Å². The molecule has 0 atom stereocenters. The Kier molecular flexibility index (Phi) is 4.21. The van der Waals surface area contributed by atoms with Gasteiger partial charge in [-0.05, 0) is 49.9 Å². The van der Waals surface area contributed by atoms with Crippen LogP contribution in [0.3, 0.4) is 0 Å². The molecular formula is C13H16F2O2. The maximum absolute atomic E-state index is 13.7. The third-order valence-corrected chi connectivity index (χ3v) is 2.57. The number of carboxylic acids is 1. The van der Waals surface area contributed by atoms with Crippen molar-refractivity contribution in [3.05, 3.63) is 35.1 Å². The Morgan fingerprint density at radius 2 is 2.06 bits per heavy atom. The number of hydrogen-bond donors (Lipinski definition) is 1. The molecule has 17 heavy (non-hydrogen) atoms. The second kappa shape index (κ2) is 5.25. The summed E-state index contributed by atoms with van der Waals surface area (Å²) in [5.41, 5.74) is -0.742. The minimum atomic E-state index is -1.52. The summed E-state index contributed by atoms with van der Waals surface area (Å²) in [5, 5.41) is 8.49. The van der Waals surface area contributed by atoms with Gasteiger partial charge in [-0.15, -0.1) is 0 Å². The first-order valence-corrected chi connectivity index (χ1v) is 5.50. The Balaban J connectivity index is 2.80. The summed E-state index contributed by atoms with van der Waals surface area (Å²) in [6.07, 6.45) is 0.646. The van der Waals surface area contributed by atoms with Gasteiger partial charge in [0.25, 0.3) is 0 Å². The van der Waals surface area contributed by atoms with Crippen molar-refractivity contribution < 1.29 is 18.7 Å². The van der Waals surface area contributed by atoms with Gasteiger partial charge in [-0.2, -0.15) is 0 Å². The van der Waals surface area contributed by atoms with Gasteiger partial charge in [-0.25, -0.2) is 8.78 Å². The van der Waals surface area contributed by atoms with Crippen molar-refractivity contribution in [1.82, 2.24) is 0 Å². The molecule has 0 saturated carbocycles. The molecule has 0 saturated heterocycles. The fraction of sp³-hybridized carbons (Fsp3) is 0.462. The maximum atomic E-state index is 13.7. The Hall–Kier alpha value is -1.45. The predicted octanol–water partition coefficient (Wildman–Crippen LogP) is 3.44. The van der Waals surface area contributed by atoms with Crippen molar-refractivity contribution in [2.24, 2.45) is 0 Å². The van der Waals surface area contributed by atoms with E-state index in [1.54, 1.807) is 0 Å². The zero-order valence-electron chi connectivity index (χ0n) is 9.96. The van der Waals surface area contributed by atoms with Gasteiger partial charge in [0.05, 0.1) is 0 Å². The van der Waals surface area contributed by atoms with Crippen LogP contribution in [-0.4, -0.2) is 11.1 Å². The second-order valence-corrected chi connectivity index (χ2v) is 4.53. The van der Waals surface area contributed by atoms with Crippen molar-refractivity contribution >= 4 is 5.97 Å². The highest BCUT2D eigenvalue weighted by Gasteiger charge is 2.19. The van der Waals surface area contributed by atoms with Crippen LogP contribution in [0, 0.1) is 5.82 Å². The lowest BCUT2D eigenvalue weighted by Crippen LogP contribution is -2.10. The third-order valence-electron chi connectivity index (χ3n) is 2.57. The summed E-state index contributed by atoms with van der Waals surface area (Å²) in [4.78, 5) is 10.3. The molecule has 1 rings (SSSR count). The molecule has 0 radical (unpaired) electrons. The van der Waals surface area contributed by atoms with Crippen molar-refractivity contribution in [2.45, 2.75) is 38.8 Å². The molecule has 94 valence electrons. The molecule has 1 aromatic carbocycles. The molecule has 2 nitrogen and oxygen atoms in total. The van der Waals surface area contributed by atoms with Crippen LogP contribution >= 0.6 is 0 Å². The van der Waals surface area contributed by atoms with Crippen molar-refractivity contribution in [1.29, 1.82) is 0 Å². The minimum absolute atomic E-state index is 0.0112. The van der Waals surface area contributed by atoms with Crippen LogP contribution in [0.2, 0.25) is 0 Å². The fourth-order valence-electron chi connectivity index (χ4n) is 1.57. The number of carbonyl (C=O) groups is 1. The number of rotatable bonds is 5. The van der Waals surface area contributed by atoms with Gasteiger partial charge in [0.15, 0.2) is 0 Å². The van der Waals surface area contributed by atoms with E-state index in [1.165, 1.54) is 32.0 Å². The van der Waals surface area contributed by atoms with E-state index in [-0.39, 0.29) is 6.42 Å². The molecule has 0 spiro atoms. The van der Waals surface area contributed by atoms with Gasteiger partial charge >= 0.3 is 5.97 Å². The molecule has 0 unspecified atom stereocenters. The normalized spacial score (nSPS) is 11.5. The maximum Gasteiger partial charge on any atom is 0.303 e. The summed E-state index contributed by atoms with van der Waals surface area (Å²) >= 11 is 0. The summed E-state index contributed by atoms with van der Waals surface area (Å²) in [5.74, 6) is -1.32. The van der Waals surface area contributed by atoms with Crippen molar-refractivity contribution in [3.63, 3.8) is 0 Å². The highest BCUT2D eigenvalue weighted by atomic mass is 19.1. The van der Waals surface area contributed by atoms with E-state index in [1.807, 2.05) is 0 Å². The fourth-order valence-corrected chi connectivity index (χ4v) is 1.57. The van der Waals surface area contributed by atoms with Crippen LogP contribution in [0.15, 0.2) is 18.2 Å². The summed E-state index contributed by atoms with van der Waals surface area (Å²) < 4.78 is 27.1. The van der Waals surface area contributed by atoms with Gasteiger partial charge in [-0.3, -0.25) is 4.79 Å². The van der Waals surface area contributed by atoms with E-state index in [0.717, 1.165) is 0 Å². The molecule has 0 heterocycles. The largest absolute Gasteiger partial charge is 0.481 e. The average molecular weight is 242 g/mol. The quantitative estimate of drug-likeness (QED) is 0.858. The Morgan fingerprint density at radius 1 is 1.41 bits per heavy atom. The smallest absolute Gasteiger partial charge is 0.303 e. The molecule has 0 aliphatic carbocycles. The molecule has 0 bridgehead atoms. The first-order chi connectivity index (χ1) is 7.80. The highest BCUT2D eigenvalue weighted by molar-refractivity contribution is 5.66. The van der Waals surface area contributed by atoms with E-state index in [4.69, 9.17) is 5.11 Å². The summed E-state index contributed by atoms with van der Waals surface area (Å²) in [6, 6.07) is 4.11. The molecule has 0 amide bonds. The van der Waals surface area contributed by atoms with E-state index in [0.29, 0.717) is 24.0 Å². The molecule has 0 aromatic heterocycles. The van der Waals surface area contributed by atoms with Crippen molar-refractivity contribution in [2.75, 3.05) is 0 Å². The zero-order valence-corrected chi connectivity index (χ0v) is 9.96. The number of alkyl halides is 1. The number of aryl methyl sites for hydroxylation is 1. The van der Waals surface area contributed by atoms with E-state index < -0.39 is 17.5 Å². The number of halogens is 2. The average Bonchev–Trinajstić information content (AvgIpc) is 2.18. The van der Waals surface area contributed by atoms with Crippen LogP contribution in [0.25, 0.3) is 0 Å². The number of benzene rings is 1. The van der Waals surface area contributed by atoms with Gasteiger partial charge in [-0.1, -0.05) is 6.07 Å². The Morgan fingerprint density at radius 3 is 2.59 bits per heavy atom. The Labute approximate surface area is 99.3 Å². The summed E-state index contributed by atoms with van der Waals surface area (Å²) in [6.45, 7) is 2.81. The first kappa shape index (κ1) is 13.6. The van der Waals surface area contributed by atoms with Gasteiger partial charge in [0, 0.05) is 6.42 Å². The lowest BCUT2D eigenvalue weighted by atomic mass is 9.96. The zero-order chi connectivity index (χ0) is 13.1.